The van der Waals surface area contributed by atoms with Crippen molar-refractivity contribution in [3.05, 3.63) is 64.4 Å². The molecule has 0 aliphatic heterocycles. The number of fused-ring (bicyclic) bond motifs is 1. The predicted octanol–water partition coefficient (Wildman–Crippen LogP) is 3.77. The molecule has 0 aliphatic rings. The van der Waals surface area contributed by atoms with Crippen LogP contribution < -0.4 is 5.56 Å². The van der Waals surface area contributed by atoms with Crippen LogP contribution in [-0.4, -0.2) is 28.0 Å². The quantitative estimate of drug-likeness (QED) is 0.378. The molecule has 0 aliphatic carbocycles. The molecule has 0 saturated carbocycles. The number of nitrogens with zero attached hydrogens (tertiary/aromatic N) is 3. The molecule has 0 saturated heterocycles. The van der Waals surface area contributed by atoms with Gasteiger partial charge in [-0.2, -0.15) is 5.26 Å². The van der Waals surface area contributed by atoms with E-state index in [0.29, 0.717) is 39.7 Å². The largest absolute Gasteiger partial charge is 0.378 e. The molecule has 0 fully saturated rings. The van der Waals surface area contributed by atoms with Gasteiger partial charge < -0.3 is 4.74 Å². The molecule has 0 N–H and O–H groups in total. The Balaban J connectivity index is 2.05. The Morgan fingerprint density at radius 2 is 1.92 bits per heavy atom. The zero-order valence-corrected chi connectivity index (χ0v) is 15.5. The van der Waals surface area contributed by atoms with Crippen molar-refractivity contribution >= 4 is 22.7 Å². The summed E-state index contributed by atoms with van der Waals surface area (Å²) in [6, 6.07) is 16.4. The Morgan fingerprint density at radius 1 is 1.19 bits per heavy atom. The third-order valence-electron chi connectivity index (χ3n) is 3.77. The number of nitriles is 1. The van der Waals surface area contributed by atoms with Crippen molar-refractivity contribution in [2.45, 2.75) is 25.1 Å². The van der Waals surface area contributed by atoms with Crippen LogP contribution in [0.1, 0.15) is 19.4 Å². The van der Waals surface area contributed by atoms with Crippen LogP contribution in [0.3, 0.4) is 0 Å². The minimum absolute atomic E-state index is 0.118. The maximum Gasteiger partial charge on any atom is 0.266 e. The zero-order chi connectivity index (χ0) is 18.5. The van der Waals surface area contributed by atoms with E-state index in [1.807, 2.05) is 32.0 Å². The average Bonchev–Trinajstić information content (AvgIpc) is 2.65. The molecule has 3 aromatic rings. The molecule has 26 heavy (non-hydrogen) atoms. The molecule has 0 amide bonds. The maximum atomic E-state index is 13.1. The van der Waals surface area contributed by atoms with E-state index in [-0.39, 0.29) is 11.7 Å². The summed E-state index contributed by atoms with van der Waals surface area (Å²) in [7, 11) is 0. The predicted molar refractivity (Wildman–Crippen MR) is 104 cm³/mol. The molecule has 132 valence electrons. The van der Waals surface area contributed by atoms with Crippen molar-refractivity contribution in [3.8, 4) is 11.8 Å². The second-order valence-corrected chi connectivity index (χ2v) is 7.04. The zero-order valence-electron chi connectivity index (χ0n) is 14.7. The summed E-state index contributed by atoms with van der Waals surface area (Å²) in [5, 5.41) is 10.2. The summed E-state index contributed by atoms with van der Waals surface area (Å²) >= 11 is 1.48. The monoisotopic (exact) mass is 365 g/mol. The molecule has 0 radical (unpaired) electrons. The fourth-order valence-corrected chi connectivity index (χ4v) is 3.38. The van der Waals surface area contributed by atoms with Crippen molar-refractivity contribution in [1.29, 1.82) is 5.26 Å². The molecule has 3 rings (SSSR count). The molecule has 0 atom stereocenters. The van der Waals surface area contributed by atoms with Crippen molar-refractivity contribution in [2.24, 2.45) is 0 Å². The van der Waals surface area contributed by atoms with Crippen LogP contribution in [0.4, 0.5) is 0 Å². The van der Waals surface area contributed by atoms with Crippen molar-refractivity contribution < 1.29 is 4.74 Å². The van der Waals surface area contributed by atoms with Crippen molar-refractivity contribution in [1.82, 2.24) is 9.55 Å². The van der Waals surface area contributed by atoms with Crippen LogP contribution in [0.25, 0.3) is 16.6 Å². The second kappa shape index (κ2) is 8.17. The average molecular weight is 365 g/mol. The summed E-state index contributed by atoms with van der Waals surface area (Å²) in [5.41, 5.74) is 1.80. The third kappa shape index (κ3) is 3.96. The van der Waals surface area contributed by atoms with E-state index in [2.05, 4.69) is 11.1 Å². The van der Waals surface area contributed by atoms with Crippen molar-refractivity contribution in [3.63, 3.8) is 0 Å². The summed E-state index contributed by atoms with van der Waals surface area (Å²) in [4.78, 5) is 17.7. The van der Waals surface area contributed by atoms with E-state index in [4.69, 9.17) is 10.00 Å². The van der Waals surface area contributed by atoms with Gasteiger partial charge in [-0.3, -0.25) is 9.36 Å². The standard InChI is InChI=1S/C20H19N3O2S/c1-14(2)25-11-12-26-20-22-18-6-4-3-5-17(18)19(24)23(20)16-9-7-15(13-21)8-10-16/h3-10,14H,11-12H2,1-2H3. The lowest BCUT2D eigenvalue weighted by molar-refractivity contribution is 0.0920. The van der Waals surface area contributed by atoms with Gasteiger partial charge in [-0.05, 0) is 50.2 Å². The van der Waals surface area contributed by atoms with Gasteiger partial charge in [0.25, 0.3) is 5.56 Å². The topological polar surface area (TPSA) is 67.9 Å². The lowest BCUT2D eigenvalue weighted by Crippen LogP contribution is -2.22. The number of rotatable bonds is 6. The van der Waals surface area contributed by atoms with Gasteiger partial charge in [-0.15, -0.1) is 0 Å². The molecule has 0 spiro atoms. The van der Waals surface area contributed by atoms with E-state index in [1.165, 1.54) is 11.8 Å². The van der Waals surface area contributed by atoms with Crippen LogP contribution in [-0.2, 0) is 4.74 Å². The van der Waals surface area contributed by atoms with Crippen LogP contribution in [0.2, 0.25) is 0 Å². The van der Waals surface area contributed by atoms with Gasteiger partial charge in [0.15, 0.2) is 5.16 Å². The van der Waals surface area contributed by atoms with Gasteiger partial charge in [0, 0.05) is 5.75 Å². The third-order valence-corrected chi connectivity index (χ3v) is 4.67. The first kappa shape index (κ1) is 18.2. The first-order valence-corrected chi connectivity index (χ1v) is 9.35. The minimum atomic E-state index is -0.118. The lowest BCUT2D eigenvalue weighted by atomic mass is 10.2. The SMILES string of the molecule is CC(C)OCCSc1nc2ccccc2c(=O)n1-c1ccc(C#N)cc1. The molecule has 6 heteroatoms. The first-order chi connectivity index (χ1) is 12.6. The molecule has 5 nitrogen and oxygen atoms in total. The van der Waals surface area contributed by atoms with Crippen LogP contribution in [0.15, 0.2) is 58.5 Å². The molecule has 0 unspecified atom stereocenters. The highest BCUT2D eigenvalue weighted by Crippen LogP contribution is 2.21. The van der Waals surface area contributed by atoms with E-state index in [9.17, 15) is 4.79 Å². The van der Waals surface area contributed by atoms with E-state index in [1.54, 1.807) is 34.9 Å². The van der Waals surface area contributed by atoms with E-state index < -0.39 is 0 Å². The molecule has 1 aromatic heterocycles. The Bertz CT molecular complexity index is 1000. The summed E-state index contributed by atoms with van der Waals surface area (Å²) in [5.74, 6) is 0.694. The summed E-state index contributed by atoms with van der Waals surface area (Å²) < 4.78 is 7.19. The highest BCUT2D eigenvalue weighted by Gasteiger charge is 2.13. The Morgan fingerprint density at radius 3 is 2.62 bits per heavy atom. The number of para-hydroxylation sites is 1. The van der Waals surface area contributed by atoms with Gasteiger partial charge in [0.05, 0.1) is 40.9 Å². The van der Waals surface area contributed by atoms with E-state index in [0.717, 1.165) is 0 Å². The van der Waals surface area contributed by atoms with Gasteiger partial charge in [-0.25, -0.2) is 4.98 Å². The first-order valence-electron chi connectivity index (χ1n) is 8.37. The molecule has 2 aromatic carbocycles. The highest BCUT2D eigenvalue weighted by molar-refractivity contribution is 7.99. The lowest BCUT2D eigenvalue weighted by Gasteiger charge is -2.14. The summed E-state index contributed by atoms with van der Waals surface area (Å²) in [6.07, 6.45) is 0.167. The number of hydrogen-bond acceptors (Lipinski definition) is 5. The van der Waals surface area contributed by atoms with Crippen LogP contribution >= 0.6 is 11.8 Å². The minimum Gasteiger partial charge on any atom is -0.378 e. The maximum absolute atomic E-state index is 13.1. The van der Waals surface area contributed by atoms with Crippen molar-refractivity contribution in [2.75, 3.05) is 12.4 Å². The second-order valence-electron chi connectivity index (χ2n) is 5.98. The number of aromatic nitrogens is 2. The van der Waals surface area contributed by atoms with Gasteiger partial charge in [-0.1, -0.05) is 23.9 Å². The van der Waals surface area contributed by atoms with Crippen LogP contribution in [0.5, 0.6) is 0 Å². The number of thioether (sulfide) groups is 1. The molecule has 0 bridgehead atoms. The normalized spacial score (nSPS) is 11.0. The van der Waals surface area contributed by atoms with E-state index >= 15 is 0 Å². The highest BCUT2D eigenvalue weighted by atomic mass is 32.2. The van der Waals surface area contributed by atoms with Gasteiger partial charge in [0.1, 0.15) is 0 Å². The number of ether oxygens (including phenoxy) is 1. The smallest absolute Gasteiger partial charge is 0.266 e. The fraction of sp³-hybridized carbons (Fsp3) is 0.250. The van der Waals surface area contributed by atoms with Crippen LogP contribution in [0, 0.1) is 11.3 Å². The van der Waals surface area contributed by atoms with Gasteiger partial charge >= 0.3 is 0 Å². The Kier molecular flexibility index (Phi) is 5.71. The molecule has 1 heterocycles. The molecular formula is C20H19N3O2S. The Hall–Kier alpha value is -2.62. The summed E-state index contributed by atoms with van der Waals surface area (Å²) in [6.45, 7) is 4.57. The fourth-order valence-electron chi connectivity index (χ4n) is 2.54. The number of benzene rings is 2. The van der Waals surface area contributed by atoms with Gasteiger partial charge in [0.2, 0.25) is 0 Å². The molecular weight excluding hydrogens is 346 g/mol. The number of hydrogen-bond donors (Lipinski definition) is 0. The Labute approximate surface area is 156 Å².